The SMILES string of the molecule is CCC[C@H](NC(=O)COC(=O)Cn1c(=O)oc2ccccc21)c1ccccc1. The van der Waals surface area contributed by atoms with Gasteiger partial charge in [-0.05, 0) is 24.1 Å². The van der Waals surface area contributed by atoms with Gasteiger partial charge < -0.3 is 14.5 Å². The molecule has 0 aliphatic carbocycles. The van der Waals surface area contributed by atoms with Crippen LogP contribution in [0.25, 0.3) is 11.1 Å². The molecule has 0 bridgehead atoms. The molecule has 1 atom stereocenters. The fourth-order valence-corrected chi connectivity index (χ4v) is 3.02. The predicted molar refractivity (Wildman–Crippen MR) is 104 cm³/mol. The van der Waals surface area contributed by atoms with Gasteiger partial charge in [-0.3, -0.25) is 14.2 Å². The van der Waals surface area contributed by atoms with E-state index >= 15 is 0 Å². The Bertz CT molecular complexity index is 1010. The maximum Gasteiger partial charge on any atom is 0.420 e. The summed E-state index contributed by atoms with van der Waals surface area (Å²) in [6.07, 6.45) is 1.68. The van der Waals surface area contributed by atoms with Crippen LogP contribution < -0.4 is 11.1 Å². The summed E-state index contributed by atoms with van der Waals surface area (Å²) in [7, 11) is 0. The van der Waals surface area contributed by atoms with Crippen molar-refractivity contribution in [2.24, 2.45) is 0 Å². The Kier molecular flexibility index (Phi) is 6.26. The lowest BCUT2D eigenvalue weighted by atomic mass is 10.0. The molecule has 0 fully saturated rings. The third kappa shape index (κ3) is 4.68. The number of carbonyl (C=O) groups is 2. The van der Waals surface area contributed by atoms with Crippen LogP contribution in [0.4, 0.5) is 0 Å². The summed E-state index contributed by atoms with van der Waals surface area (Å²) < 4.78 is 11.3. The molecule has 3 aromatic rings. The molecule has 0 unspecified atom stereocenters. The maximum atomic E-state index is 12.2. The van der Waals surface area contributed by atoms with E-state index in [0.717, 1.165) is 18.4 Å². The van der Waals surface area contributed by atoms with Crippen LogP contribution in [0.5, 0.6) is 0 Å². The Balaban J connectivity index is 1.57. The summed E-state index contributed by atoms with van der Waals surface area (Å²) >= 11 is 0. The van der Waals surface area contributed by atoms with Gasteiger partial charge in [-0.1, -0.05) is 55.8 Å². The Morgan fingerprint density at radius 2 is 1.82 bits per heavy atom. The highest BCUT2D eigenvalue weighted by molar-refractivity contribution is 5.81. The highest BCUT2D eigenvalue weighted by Crippen LogP contribution is 2.18. The van der Waals surface area contributed by atoms with E-state index in [1.807, 2.05) is 37.3 Å². The van der Waals surface area contributed by atoms with Crippen molar-refractivity contribution in [3.05, 3.63) is 70.7 Å². The van der Waals surface area contributed by atoms with Crippen LogP contribution in [0, 0.1) is 0 Å². The van der Waals surface area contributed by atoms with Crippen molar-refractivity contribution in [2.75, 3.05) is 6.61 Å². The van der Waals surface area contributed by atoms with Crippen LogP contribution in [0.15, 0.2) is 63.8 Å². The van der Waals surface area contributed by atoms with E-state index in [4.69, 9.17) is 9.15 Å². The molecule has 7 nitrogen and oxygen atoms in total. The lowest BCUT2D eigenvalue weighted by Crippen LogP contribution is -2.33. The number of hydrogen-bond acceptors (Lipinski definition) is 5. The minimum atomic E-state index is -0.685. The van der Waals surface area contributed by atoms with Gasteiger partial charge in [0.2, 0.25) is 0 Å². The monoisotopic (exact) mass is 382 g/mol. The molecule has 0 radical (unpaired) electrons. The third-order valence-corrected chi connectivity index (χ3v) is 4.34. The van der Waals surface area contributed by atoms with Crippen LogP contribution in [-0.2, 0) is 20.9 Å². The number of hydrogen-bond donors (Lipinski definition) is 1. The Morgan fingerprint density at radius 1 is 1.11 bits per heavy atom. The molecule has 0 saturated carbocycles. The molecule has 146 valence electrons. The number of carbonyl (C=O) groups excluding carboxylic acids is 2. The number of benzene rings is 2. The van der Waals surface area contributed by atoms with Gasteiger partial charge in [0, 0.05) is 0 Å². The highest BCUT2D eigenvalue weighted by Gasteiger charge is 2.17. The van der Waals surface area contributed by atoms with E-state index in [9.17, 15) is 14.4 Å². The van der Waals surface area contributed by atoms with Crippen molar-refractivity contribution in [1.29, 1.82) is 0 Å². The fourth-order valence-electron chi connectivity index (χ4n) is 3.02. The van der Waals surface area contributed by atoms with Gasteiger partial charge in [0.1, 0.15) is 6.54 Å². The van der Waals surface area contributed by atoms with Gasteiger partial charge in [0.15, 0.2) is 12.2 Å². The summed E-state index contributed by atoms with van der Waals surface area (Å²) in [6.45, 7) is 1.31. The predicted octanol–water partition coefficient (Wildman–Crippen LogP) is 2.80. The Morgan fingerprint density at radius 3 is 2.57 bits per heavy atom. The molecule has 1 heterocycles. The molecule has 0 spiro atoms. The average molecular weight is 382 g/mol. The van der Waals surface area contributed by atoms with Crippen LogP contribution in [0.1, 0.15) is 31.4 Å². The van der Waals surface area contributed by atoms with E-state index in [1.54, 1.807) is 24.3 Å². The molecular formula is C21H22N2O5. The summed E-state index contributed by atoms with van der Waals surface area (Å²) in [5.74, 6) is -1.72. The quantitative estimate of drug-likeness (QED) is 0.605. The maximum absolute atomic E-state index is 12.2. The second kappa shape index (κ2) is 9.03. The molecule has 0 aliphatic rings. The van der Waals surface area contributed by atoms with E-state index in [2.05, 4.69) is 5.32 Å². The van der Waals surface area contributed by atoms with Gasteiger partial charge in [0.05, 0.1) is 11.6 Å². The first kappa shape index (κ1) is 19.4. The van der Waals surface area contributed by atoms with E-state index in [1.165, 1.54) is 4.57 Å². The molecule has 1 aromatic heterocycles. The molecular weight excluding hydrogens is 360 g/mol. The average Bonchev–Trinajstić information content (AvgIpc) is 3.02. The fraction of sp³-hybridized carbons (Fsp3) is 0.286. The topological polar surface area (TPSA) is 90.5 Å². The van der Waals surface area contributed by atoms with E-state index in [0.29, 0.717) is 11.1 Å². The number of rotatable bonds is 8. The molecule has 2 aromatic carbocycles. The van der Waals surface area contributed by atoms with Crippen LogP contribution in [0.2, 0.25) is 0 Å². The molecule has 28 heavy (non-hydrogen) atoms. The number of aromatic nitrogens is 1. The smallest absolute Gasteiger partial charge is 0.420 e. The molecule has 0 aliphatic heterocycles. The van der Waals surface area contributed by atoms with Gasteiger partial charge in [-0.15, -0.1) is 0 Å². The van der Waals surface area contributed by atoms with Crippen molar-refractivity contribution >= 4 is 23.0 Å². The van der Waals surface area contributed by atoms with E-state index < -0.39 is 18.3 Å². The Hall–Kier alpha value is -3.35. The van der Waals surface area contributed by atoms with Gasteiger partial charge in [-0.2, -0.15) is 0 Å². The molecule has 7 heteroatoms. The van der Waals surface area contributed by atoms with Crippen LogP contribution in [0.3, 0.4) is 0 Å². The normalized spacial score (nSPS) is 11.9. The zero-order valence-corrected chi connectivity index (χ0v) is 15.6. The standard InChI is InChI=1S/C21H22N2O5/c1-2-8-16(15-9-4-3-5-10-15)22-19(24)14-27-20(25)13-23-17-11-6-7-12-18(17)28-21(23)26/h3-7,9-12,16H,2,8,13-14H2,1H3,(H,22,24)/t16-/m0/s1. The highest BCUT2D eigenvalue weighted by atomic mass is 16.5. The molecule has 0 saturated heterocycles. The second-order valence-electron chi connectivity index (χ2n) is 6.40. The summed E-state index contributed by atoms with van der Waals surface area (Å²) in [6, 6.07) is 16.3. The largest absolute Gasteiger partial charge is 0.454 e. The van der Waals surface area contributed by atoms with E-state index in [-0.39, 0.29) is 18.5 Å². The molecule has 1 amide bonds. The Labute approximate surface area is 161 Å². The number of esters is 1. The lowest BCUT2D eigenvalue weighted by Gasteiger charge is -2.18. The number of amides is 1. The number of nitrogens with one attached hydrogen (secondary N) is 1. The molecule has 1 N–H and O–H groups in total. The number of oxazole rings is 1. The number of fused-ring (bicyclic) bond motifs is 1. The van der Waals surface area contributed by atoms with Crippen LogP contribution in [-0.4, -0.2) is 23.1 Å². The minimum Gasteiger partial charge on any atom is -0.454 e. The van der Waals surface area contributed by atoms with Crippen molar-refractivity contribution < 1.29 is 18.7 Å². The van der Waals surface area contributed by atoms with Crippen molar-refractivity contribution in [1.82, 2.24) is 9.88 Å². The van der Waals surface area contributed by atoms with Gasteiger partial charge in [0.25, 0.3) is 5.91 Å². The number of ether oxygens (including phenoxy) is 1. The van der Waals surface area contributed by atoms with Crippen molar-refractivity contribution in [2.45, 2.75) is 32.4 Å². The van der Waals surface area contributed by atoms with Crippen molar-refractivity contribution in [3.63, 3.8) is 0 Å². The third-order valence-electron chi connectivity index (χ3n) is 4.34. The first-order valence-electron chi connectivity index (χ1n) is 9.16. The first-order valence-corrected chi connectivity index (χ1v) is 9.16. The lowest BCUT2D eigenvalue weighted by molar-refractivity contribution is -0.149. The van der Waals surface area contributed by atoms with Crippen LogP contribution >= 0.6 is 0 Å². The summed E-state index contributed by atoms with van der Waals surface area (Å²) in [5.41, 5.74) is 1.89. The zero-order valence-electron chi connectivity index (χ0n) is 15.6. The molecule has 3 rings (SSSR count). The second-order valence-corrected chi connectivity index (χ2v) is 6.40. The van der Waals surface area contributed by atoms with Gasteiger partial charge in [-0.25, -0.2) is 4.79 Å². The number of nitrogens with zero attached hydrogens (tertiary/aromatic N) is 1. The summed E-state index contributed by atoms with van der Waals surface area (Å²) in [5, 5.41) is 2.89. The minimum absolute atomic E-state index is 0.141. The zero-order chi connectivity index (χ0) is 19.9. The number of para-hydroxylation sites is 2. The first-order chi connectivity index (χ1) is 13.6. The summed E-state index contributed by atoms with van der Waals surface area (Å²) in [4.78, 5) is 36.2. The van der Waals surface area contributed by atoms with Gasteiger partial charge >= 0.3 is 11.7 Å². The van der Waals surface area contributed by atoms with Crippen molar-refractivity contribution in [3.8, 4) is 0 Å².